The van der Waals surface area contributed by atoms with Gasteiger partial charge in [-0.05, 0) is 13.8 Å². The molecule has 8 nitrogen and oxygen atoms in total. The first-order chi connectivity index (χ1) is 7.84. The Bertz CT molecular complexity index is 412. The zero-order valence-electron chi connectivity index (χ0n) is 9.37. The molecule has 9 heteroatoms. The second-order valence-corrected chi connectivity index (χ2v) is 4.62. The van der Waals surface area contributed by atoms with Crippen molar-refractivity contribution in [2.24, 2.45) is 5.16 Å². The number of hydrogen-bond donors (Lipinski definition) is 1. The minimum atomic E-state index is -3.80. The summed E-state index contributed by atoms with van der Waals surface area (Å²) in [7, 11) is -3.80. The summed E-state index contributed by atoms with van der Waals surface area (Å²) >= 11 is 0. The number of nitrogens with zero attached hydrogens (tertiary/aromatic N) is 1. The van der Waals surface area contributed by atoms with Gasteiger partial charge in [0.15, 0.2) is 0 Å². The van der Waals surface area contributed by atoms with Crippen molar-refractivity contribution >= 4 is 27.6 Å². The van der Waals surface area contributed by atoms with Gasteiger partial charge in [-0.3, -0.25) is 8.98 Å². The van der Waals surface area contributed by atoms with Crippen LogP contribution in [0, 0.1) is 0 Å². The average Bonchev–Trinajstić information content (AvgIpc) is 2.26. The smallest absolute Gasteiger partial charge is 0.361 e. The van der Waals surface area contributed by atoms with Gasteiger partial charge in [0.1, 0.15) is 13.2 Å². The van der Waals surface area contributed by atoms with Gasteiger partial charge in [0.25, 0.3) is 10.1 Å². The molecule has 0 spiro atoms. The van der Waals surface area contributed by atoms with Gasteiger partial charge in [0.2, 0.25) is 11.5 Å². The van der Waals surface area contributed by atoms with Crippen molar-refractivity contribution in [3.8, 4) is 0 Å². The van der Waals surface area contributed by atoms with Crippen LogP contribution in [-0.4, -0.2) is 50.0 Å². The van der Waals surface area contributed by atoms with E-state index in [0.29, 0.717) is 0 Å². The van der Waals surface area contributed by atoms with E-state index in [4.69, 9.17) is 5.11 Å². The van der Waals surface area contributed by atoms with E-state index < -0.39 is 34.2 Å². The molecule has 0 aromatic carbocycles. The number of carbonyl (C=O) groups is 2. The predicted molar refractivity (Wildman–Crippen MR) is 57.1 cm³/mol. The summed E-state index contributed by atoms with van der Waals surface area (Å²) < 4.78 is 26.1. The maximum Gasteiger partial charge on any atom is 0.361 e. The molecule has 0 saturated heterocycles. The molecule has 0 atom stereocenters. The van der Waals surface area contributed by atoms with Crippen molar-refractivity contribution in [1.29, 1.82) is 0 Å². The number of oxime groups is 1. The third-order valence-electron chi connectivity index (χ3n) is 1.47. The van der Waals surface area contributed by atoms with Crippen LogP contribution in [0.2, 0.25) is 0 Å². The summed E-state index contributed by atoms with van der Waals surface area (Å²) in [5.74, 6) is -3.01. The van der Waals surface area contributed by atoms with Gasteiger partial charge in [-0.25, -0.2) is 4.79 Å². The number of carboxylic acid groups (broad SMARTS) is 1. The number of aliphatic carboxylic acids is 1. The van der Waals surface area contributed by atoms with Crippen molar-refractivity contribution in [2.75, 3.05) is 19.0 Å². The van der Waals surface area contributed by atoms with Gasteiger partial charge in [-0.1, -0.05) is 5.16 Å². The van der Waals surface area contributed by atoms with Crippen molar-refractivity contribution < 1.29 is 32.1 Å². The highest BCUT2D eigenvalue weighted by atomic mass is 32.2. The van der Waals surface area contributed by atoms with Crippen molar-refractivity contribution in [2.45, 2.75) is 13.8 Å². The summed E-state index contributed by atoms with van der Waals surface area (Å²) in [5.41, 5.74) is -0.904. The second kappa shape index (κ2) is 6.97. The van der Waals surface area contributed by atoms with E-state index in [0.717, 1.165) is 0 Å². The van der Waals surface area contributed by atoms with E-state index in [-0.39, 0.29) is 12.4 Å². The van der Waals surface area contributed by atoms with E-state index >= 15 is 0 Å². The van der Waals surface area contributed by atoms with Gasteiger partial charge >= 0.3 is 5.97 Å². The topological polar surface area (TPSA) is 119 Å². The Morgan fingerprint density at radius 1 is 1.29 bits per heavy atom. The van der Waals surface area contributed by atoms with Gasteiger partial charge < -0.3 is 9.94 Å². The highest BCUT2D eigenvalue weighted by Gasteiger charge is 2.23. The van der Waals surface area contributed by atoms with Crippen LogP contribution >= 0.6 is 0 Å². The van der Waals surface area contributed by atoms with Gasteiger partial charge in [0.05, 0.1) is 5.75 Å². The standard InChI is InChI=1S/C8H13NO7S/c1-3-15-9-7(8(11)12)6(10)5-16-17(13,14)4-2/h3-5H2,1-2H3,(H,11,12). The van der Waals surface area contributed by atoms with E-state index in [2.05, 4.69) is 14.2 Å². The zero-order valence-corrected chi connectivity index (χ0v) is 10.2. The first-order valence-corrected chi connectivity index (χ1v) is 6.25. The van der Waals surface area contributed by atoms with Crippen LogP contribution in [0.5, 0.6) is 0 Å². The lowest BCUT2D eigenvalue weighted by Gasteiger charge is -2.02. The second-order valence-electron chi connectivity index (χ2n) is 2.69. The Hall–Kier alpha value is -1.48. The Balaban J connectivity index is 4.61. The van der Waals surface area contributed by atoms with Crippen molar-refractivity contribution in [3.63, 3.8) is 0 Å². The predicted octanol–water partition coefficient (Wildman–Crippen LogP) is -0.601. The molecule has 0 amide bonds. The fraction of sp³-hybridized carbons (Fsp3) is 0.625. The van der Waals surface area contributed by atoms with Crippen molar-refractivity contribution in [1.82, 2.24) is 0 Å². The molecule has 0 aromatic heterocycles. The molecule has 0 unspecified atom stereocenters. The lowest BCUT2D eigenvalue weighted by atomic mass is 10.2. The summed E-state index contributed by atoms with van der Waals surface area (Å²) in [4.78, 5) is 26.3. The molecule has 0 heterocycles. The normalized spacial score (nSPS) is 12.2. The molecule has 0 radical (unpaired) electrons. The summed E-state index contributed by atoms with van der Waals surface area (Å²) in [5, 5.41) is 11.7. The molecule has 0 aliphatic carbocycles. The maximum atomic E-state index is 11.3. The monoisotopic (exact) mass is 267 g/mol. The van der Waals surface area contributed by atoms with Crippen molar-refractivity contribution in [3.05, 3.63) is 0 Å². The molecule has 0 aliphatic heterocycles. The maximum absolute atomic E-state index is 11.3. The average molecular weight is 267 g/mol. The minimum absolute atomic E-state index is 0.0815. The van der Waals surface area contributed by atoms with Crippen LogP contribution in [0.25, 0.3) is 0 Å². The van der Waals surface area contributed by atoms with E-state index in [1.807, 2.05) is 0 Å². The largest absolute Gasteiger partial charge is 0.476 e. The number of carboxylic acids is 1. The van der Waals surface area contributed by atoms with E-state index in [9.17, 15) is 18.0 Å². The molecule has 0 aromatic rings. The zero-order chi connectivity index (χ0) is 13.5. The Labute approximate surface area is 98.3 Å². The Morgan fingerprint density at radius 2 is 1.88 bits per heavy atom. The number of Topliss-reactive ketones (excluding diaryl/α,β-unsaturated/α-hetero) is 1. The molecule has 0 saturated carbocycles. The Morgan fingerprint density at radius 3 is 2.29 bits per heavy atom. The minimum Gasteiger partial charge on any atom is -0.476 e. The molecular weight excluding hydrogens is 254 g/mol. The number of rotatable bonds is 8. The molecule has 98 valence electrons. The third kappa shape index (κ3) is 5.97. The summed E-state index contributed by atoms with van der Waals surface area (Å²) in [6.07, 6.45) is 0. The molecule has 0 bridgehead atoms. The summed E-state index contributed by atoms with van der Waals surface area (Å²) in [6, 6.07) is 0. The first-order valence-electron chi connectivity index (χ1n) is 4.67. The van der Waals surface area contributed by atoms with E-state index in [1.165, 1.54) is 6.92 Å². The Kier molecular flexibility index (Phi) is 6.36. The SMILES string of the molecule is CCON=C(C(=O)O)C(=O)COS(=O)(=O)CC. The molecule has 0 rings (SSSR count). The highest BCUT2D eigenvalue weighted by molar-refractivity contribution is 7.86. The van der Waals surface area contributed by atoms with Gasteiger partial charge in [-0.15, -0.1) is 0 Å². The molecule has 17 heavy (non-hydrogen) atoms. The van der Waals surface area contributed by atoms with Crippen LogP contribution in [0.3, 0.4) is 0 Å². The quantitative estimate of drug-likeness (QED) is 0.270. The molecule has 0 aliphatic rings. The summed E-state index contributed by atoms with van der Waals surface area (Å²) in [6.45, 7) is 2.05. The van der Waals surface area contributed by atoms with Crippen LogP contribution in [0.15, 0.2) is 5.16 Å². The third-order valence-corrected chi connectivity index (χ3v) is 2.66. The lowest BCUT2D eigenvalue weighted by molar-refractivity contribution is -0.130. The number of ketones is 1. The molecule has 0 fully saturated rings. The number of hydrogen-bond acceptors (Lipinski definition) is 7. The molecule has 1 N–H and O–H groups in total. The van der Waals surface area contributed by atoms with Crippen LogP contribution in [-0.2, 0) is 28.7 Å². The first kappa shape index (κ1) is 15.5. The highest BCUT2D eigenvalue weighted by Crippen LogP contribution is 1.95. The number of carbonyl (C=O) groups excluding carboxylic acids is 1. The van der Waals surface area contributed by atoms with Crippen LogP contribution < -0.4 is 0 Å². The van der Waals surface area contributed by atoms with Crippen LogP contribution in [0.1, 0.15) is 13.8 Å². The molecular formula is C8H13NO7S. The van der Waals surface area contributed by atoms with E-state index in [1.54, 1.807) is 6.92 Å². The van der Waals surface area contributed by atoms with Gasteiger partial charge in [-0.2, -0.15) is 8.42 Å². The fourth-order valence-corrected chi connectivity index (χ4v) is 1.09. The van der Waals surface area contributed by atoms with Crippen LogP contribution in [0.4, 0.5) is 0 Å². The lowest BCUT2D eigenvalue weighted by Crippen LogP contribution is -2.29. The van der Waals surface area contributed by atoms with Gasteiger partial charge in [0, 0.05) is 0 Å². The fourth-order valence-electron chi connectivity index (χ4n) is 0.633.